The summed E-state index contributed by atoms with van der Waals surface area (Å²) in [5.74, 6) is -1.62. The molecule has 252 valence electrons. The van der Waals surface area contributed by atoms with Crippen molar-refractivity contribution in [2.24, 2.45) is 27.6 Å². The number of nitriles is 1. The molecule has 1 saturated heterocycles. The Bertz CT molecular complexity index is 1100. The van der Waals surface area contributed by atoms with Gasteiger partial charge in [-0.1, -0.05) is 132 Å². The average molecular weight is 653 g/mol. The smallest absolute Gasteiger partial charge is 0.330 e. The molecule has 7 nitrogen and oxygen atoms in total. The Morgan fingerprint density at radius 3 is 1.55 bits per heavy atom. The minimum Gasteiger partial charge on any atom is -0.481 e. The molecule has 44 heavy (non-hydrogen) atoms. The maximum Gasteiger partial charge on any atom is 0.330 e. The van der Waals surface area contributed by atoms with Crippen molar-refractivity contribution in [1.29, 1.82) is 5.26 Å². The molecular formula is C35H60N2O5S2. The second-order valence-corrected chi connectivity index (χ2v) is 17.0. The first kappa shape index (κ1) is 46.0. The van der Waals surface area contributed by atoms with Gasteiger partial charge in [0.25, 0.3) is 5.91 Å². The Labute approximate surface area is 278 Å². The fourth-order valence-corrected chi connectivity index (χ4v) is 5.31. The van der Waals surface area contributed by atoms with Crippen molar-refractivity contribution in [2.45, 2.75) is 124 Å². The van der Waals surface area contributed by atoms with Crippen molar-refractivity contribution in [1.82, 2.24) is 4.90 Å². The molecule has 1 aliphatic rings. The third-order valence-electron chi connectivity index (χ3n) is 5.27. The summed E-state index contributed by atoms with van der Waals surface area (Å²) in [6, 6.07) is 2.08. The van der Waals surface area contributed by atoms with E-state index in [1.807, 2.05) is 53.7 Å². The first-order valence-corrected chi connectivity index (χ1v) is 16.2. The number of carbonyl (C=O) groups excluding carboxylic acids is 1. The molecule has 0 aromatic heterocycles. The number of likely N-dealkylation sites (N-methyl/N-ethyl adjacent to an activating group) is 1. The lowest BCUT2D eigenvalue weighted by atomic mass is 9.83. The van der Waals surface area contributed by atoms with Gasteiger partial charge in [0.2, 0.25) is 0 Å². The van der Waals surface area contributed by atoms with E-state index in [0.29, 0.717) is 16.4 Å². The molecular weight excluding hydrogens is 593 g/mol. The summed E-state index contributed by atoms with van der Waals surface area (Å²) < 4.78 is 0.674. The molecule has 1 heterocycles. The van der Waals surface area contributed by atoms with E-state index in [0.717, 1.165) is 23.3 Å². The molecule has 0 spiro atoms. The number of amides is 1. The molecule has 1 atom stereocenters. The van der Waals surface area contributed by atoms with Gasteiger partial charge in [-0.15, -0.1) is 0 Å². The van der Waals surface area contributed by atoms with Crippen molar-refractivity contribution in [2.75, 3.05) is 6.54 Å². The molecule has 0 aromatic carbocycles. The zero-order valence-electron chi connectivity index (χ0n) is 30.3. The van der Waals surface area contributed by atoms with E-state index >= 15 is 0 Å². The highest BCUT2D eigenvalue weighted by atomic mass is 32.2. The number of thiocarbonyl (C=S) groups is 1. The maximum absolute atomic E-state index is 11.8. The molecule has 0 bridgehead atoms. The van der Waals surface area contributed by atoms with Crippen LogP contribution in [0.15, 0.2) is 34.3 Å². The van der Waals surface area contributed by atoms with Crippen molar-refractivity contribution in [3.8, 4) is 6.07 Å². The van der Waals surface area contributed by atoms with Crippen LogP contribution in [0, 0.1) is 38.9 Å². The van der Waals surface area contributed by atoms with Gasteiger partial charge >= 0.3 is 11.9 Å². The van der Waals surface area contributed by atoms with Crippen LogP contribution in [0.5, 0.6) is 0 Å². The molecule has 0 aliphatic carbocycles. The molecule has 0 aromatic rings. The Morgan fingerprint density at radius 2 is 1.36 bits per heavy atom. The topological polar surface area (TPSA) is 119 Å². The molecule has 1 amide bonds. The summed E-state index contributed by atoms with van der Waals surface area (Å²) in [7, 11) is 0. The summed E-state index contributed by atoms with van der Waals surface area (Å²) in [5.41, 5.74) is 1.45. The third kappa shape index (κ3) is 26.0. The maximum atomic E-state index is 11.8. The van der Waals surface area contributed by atoms with Crippen LogP contribution in [0.4, 0.5) is 0 Å². The number of carbonyl (C=O) groups is 3. The van der Waals surface area contributed by atoms with Crippen molar-refractivity contribution >= 4 is 46.1 Å². The first-order chi connectivity index (χ1) is 19.5. The zero-order valence-corrected chi connectivity index (χ0v) is 31.9. The van der Waals surface area contributed by atoms with Crippen molar-refractivity contribution in [3.05, 3.63) is 34.3 Å². The molecule has 1 unspecified atom stereocenters. The molecule has 1 aliphatic heterocycles. The molecule has 2 N–H and O–H groups in total. The number of carboxylic acids is 2. The van der Waals surface area contributed by atoms with Gasteiger partial charge in [-0.25, -0.2) is 4.79 Å². The van der Waals surface area contributed by atoms with Gasteiger partial charge in [-0.2, -0.15) is 5.26 Å². The van der Waals surface area contributed by atoms with Gasteiger partial charge in [0.15, 0.2) is 0 Å². The minimum atomic E-state index is -0.838. The van der Waals surface area contributed by atoms with Crippen LogP contribution in [0.25, 0.3) is 0 Å². The van der Waals surface area contributed by atoms with Crippen molar-refractivity contribution < 1.29 is 24.6 Å². The van der Waals surface area contributed by atoms with E-state index in [9.17, 15) is 14.4 Å². The molecule has 0 radical (unpaired) electrons. The average Bonchev–Trinajstić information content (AvgIpc) is 3.06. The number of carboxylic acid groups (broad SMARTS) is 2. The fourth-order valence-electron chi connectivity index (χ4n) is 3.70. The van der Waals surface area contributed by atoms with E-state index in [1.165, 1.54) is 11.8 Å². The number of thioether (sulfide) groups is 1. The fraction of sp³-hybridized carbons (Fsp3) is 0.686. The van der Waals surface area contributed by atoms with E-state index in [4.69, 9.17) is 27.7 Å². The molecule has 1 fully saturated rings. The largest absolute Gasteiger partial charge is 0.481 e. The number of allylic oxidation sites excluding steroid dienone is 4. The number of hydrogen-bond acceptors (Lipinski definition) is 6. The van der Waals surface area contributed by atoms with Crippen LogP contribution < -0.4 is 0 Å². The first-order valence-electron chi connectivity index (χ1n) is 15.0. The molecule has 1 rings (SSSR count). The number of nitrogens with zero attached hydrogens (tertiary/aromatic N) is 2. The standard InChI is InChI=1S/C10H15NOS2.C9H18O2.C8H13N.C8H14O2/c1-5-11-8(12)7(14-9(11)13)6-10(2,3)4;1-5-7(8(10)11)6-9(2,3)4;1-7(6-9)5-8(2,3)4;1-6(7(9)10)5-8(2,3)4/h6H,5H2,1-4H3;7H,5-6H2,1-4H3,(H,10,11);5H,1-4H3;5H,1-4H3,(H,9,10)/b7-6+;;7-5+;6-5+. The van der Waals surface area contributed by atoms with Gasteiger partial charge in [-0.05, 0) is 55.3 Å². The van der Waals surface area contributed by atoms with Crippen LogP contribution in [0.3, 0.4) is 0 Å². The normalized spacial score (nSPS) is 16.1. The zero-order chi connectivity index (χ0) is 35.9. The Hall–Kier alpha value is -2.44. The highest BCUT2D eigenvalue weighted by molar-refractivity contribution is 8.26. The van der Waals surface area contributed by atoms with Crippen LogP contribution in [-0.2, 0) is 14.4 Å². The van der Waals surface area contributed by atoms with Crippen LogP contribution in [0.2, 0.25) is 0 Å². The van der Waals surface area contributed by atoms with Crippen LogP contribution in [-0.4, -0.2) is 43.8 Å². The number of hydrogen-bond donors (Lipinski definition) is 2. The third-order valence-corrected chi connectivity index (χ3v) is 6.65. The van der Waals surface area contributed by atoms with Gasteiger partial charge in [-0.3, -0.25) is 14.5 Å². The minimum absolute atomic E-state index is 0.0252. The number of rotatable bonds is 5. The van der Waals surface area contributed by atoms with Gasteiger partial charge in [0, 0.05) is 17.7 Å². The Kier molecular flexibility index (Phi) is 20.7. The highest BCUT2D eigenvalue weighted by Crippen LogP contribution is 2.34. The highest BCUT2D eigenvalue weighted by Gasteiger charge is 2.31. The quantitative estimate of drug-likeness (QED) is 0.171. The predicted octanol–water partition coefficient (Wildman–Crippen LogP) is 9.90. The van der Waals surface area contributed by atoms with Crippen molar-refractivity contribution in [3.63, 3.8) is 0 Å². The van der Waals surface area contributed by atoms with Crippen LogP contribution in [0.1, 0.15) is 124 Å². The lowest BCUT2D eigenvalue weighted by Crippen LogP contribution is -2.27. The Morgan fingerprint density at radius 1 is 0.909 bits per heavy atom. The summed E-state index contributed by atoms with van der Waals surface area (Å²) in [4.78, 5) is 35.1. The predicted molar refractivity (Wildman–Crippen MR) is 190 cm³/mol. The van der Waals surface area contributed by atoms with E-state index in [-0.39, 0.29) is 33.5 Å². The monoisotopic (exact) mass is 652 g/mol. The van der Waals surface area contributed by atoms with Crippen LogP contribution >= 0.6 is 24.0 Å². The summed E-state index contributed by atoms with van der Waals surface area (Å²) in [6.45, 7) is 32.5. The van der Waals surface area contributed by atoms with E-state index < -0.39 is 11.9 Å². The Balaban J connectivity index is -0.000000518. The second kappa shape index (κ2) is 19.8. The summed E-state index contributed by atoms with van der Waals surface area (Å²) in [5, 5.41) is 25.6. The van der Waals surface area contributed by atoms with Gasteiger partial charge in [0.05, 0.1) is 16.9 Å². The second-order valence-electron chi connectivity index (χ2n) is 15.3. The van der Waals surface area contributed by atoms with Gasteiger partial charge < -0.3 is 10.2 Å². The SMILES string of the molecule is C/C(=C\C(C)(C)C)C(=O)O.C/C(C#N)=C\C(C)(C)C.CCC(CC(C)(C)C)C(=O)O.CCN1C(=O)/C(=C\C(C)(C)C)SC1=S. The number of aliphatic carboxylic acids is 2. The summed E-state index contributed by atoms with van der Waals surface area (Å²) in [6.07, 6.45) is 7.19. The molecule has 0 saturated carbocycles. The molecule has 9 heteroatoms. The van der Waals surface area contributed by atoms with Gasteiger partial charge in [0.1, 0.15) is 4.32 Å². The van der Waals surface area contributed by atoms with E-state index in [1.54, 1.807) is 17.9 Å². The lowest BCUT2D eigenvalue weighted by Gasteiger charge is -2.21. The summed E-state index contributed by atoms with van der Waals surface area (Å²) >= 11 is 6.51. The lowest BCUT2D eigenvalue weighted by molar-refractivity contribution is -0.143. The van der Waals surface area contributed by atoms with E-state index in [2.05, 4.69) is 68.4 Å².